The summed E-state index contributed by atoms with van der Waals surface area (Å²) in [5.74, 6) is 1.38. The Morgan fingerprint density at radius 3 is 2.00 bits per heavy atom. The summed E-state index contributed by atoms with van der Waals surface area (Å²) < 4.78 is 11.6. The average Bonchev–Trinajstić information content (AvgIpc) is 3.99. The Balaban J connectivity index is 1.22. The van der Waals surface area contributed by atoms with Gasteiger partial charge in [0.05, 0.1) is 27.6 Å². The molecule has 5 aromatic heterocycles. The zero-order chi connectivity index (χ0) is 35.8. The number of aromatic nitrogens is 4. The second-order valence-electron chi connectivity index (χ2n) is 14.6. The predicted octanol–water partition coefficient (Wildman–Crippen LogP) is 13.1. The molecule has 0 radical (unpaired) electrons. The molecule has 0 amide bonds. The third-order valence-electron chi connectivity index (χ3n) is 11.6. The highest BCUT2D eigenvalue weighted by Crippen LogP contribution is 2.47. The van der Waals surface area contributed by atoms with E-state index in [-0.39, 0.29) is 0 Å². The molecule has 0 atom stereocenters. The molecule has 13 rings (SSSR count). The maximum absolute atomic E-state index is 6.76. The summed E-state index contributed by atoms with van der Waals surface area (Å²) in [6.45, 7) is 0. The van der Waals surface area contributed by atoms with Crippen LogP contribution in [0.2, 0.25) is 0 Å². The first-order valence-electron chi connectivity index (χ1n) is 18.7. The van der Waals surface area contributed by atoms with Crippen LogP contribution in [0.25, 0.3) is 121 Å². The van der Waals surface area contributed by atoms with E-state index in [9.17, 15) is 0 Å². The van der Waals surface area contributed by atoms with E-state index >= 15 is 0 Å². The van der Waals surface area contributed by atoms with Gasteiger partial charge in [0.1, 0.15) is 11.1 Å². The molecule has 254 valence electrons. The molecule has 55 heavy (non-hydrogen) atoms. The Morgan fingerprint density at radius 2 is 1.11 bits per heavy atom. The normalized spacial score (nSPS) is 12.4. The van der Waals surface area contributed by atoms with Crippen molar-refractivity contribution in [3.63, 3.8) is 0 Å². The Bertz CT molecular complexity index is 3720. The highest BCUT2D eigenvalue weighted by molar-refractivity contribution is 6.34. The van der Waals surface area contributed by atoms with Crippen molar-refractivity contribution in [1.29, 1.82) is 0 Å². The Hall–Kier alpha value is -7.50. The summed E-state index contributed by atoms with van der Waals surface area (Å²) in [5, 5.41) is 10.5. The van der Waals surface area contributed by atoms with Crippen molar-refractivity contribution >= 4 is 92.7 Å². The maximum Gasteiger partial charge on any atom is 0.197 e. The number of fused-ring (bicyclic) bond motifs is 14. The maximum atomic E-state index is 6.76. The fourth-order valence-electron chi connectivity index (χ4n) is 9.22. The molecule has 8 aromatic carbocycles. The van der Waals surface area contributed by atoms with Crippen molar-refractivity contribution in [2.75, 3.05) is 0 Å². The van der Waals surface area contributed by atoms with E-state index in [0.29, 0.717) is 11.4 Å². The monoisotopic (exact) mass is 700 g/mol. The van der Waals surface area contributed by atoms with Crippen LogP contribution in [0.3, 0.4) is 0 Å². The molecule has 0 saturated heterocycles. The van der Waals surface area contributed by atoms with Gasteiger partial charge in [-0.25, -0.2) is 9.97 Å². The largest absolute Gasteiger partial charge is 0.450 e. The van der Waals surface area contributed by atoms with Gasteiger partial charge >= 0.3 is 0 Å². The molecule has 0 unspecified atom stereocenters. The number of hydrogen-bond acceptors (Lipinski definition) is 3. The van der Waals surface area contributed by atoms with Gasteiger partial charge in [-0.2, -0.15) is 0 Å². The van der Waals surface area contributed by atoms with Crippen LogP contribution in [-0.4, -0.2) is 18.9 Å². The number of hydrogen-bond donors (Lipinski definition) is 0. The van der Waals surface area contributed by atoms with Crippen molar-refractivity contribution in [1.82, 2.24) is 18.9 Å². The third kappa shape index (κ3) is 3.86. The Labute approximate surface area is 313 Å². The standard InChI is InChI=1S/C50H28N4O/c1-2-12-29(13-3-1)32-24-25-42-37(27-32)39-28-38-34-16-6-9-19-40(34)54(47(38)44-35-17-7-10-20-41(35)53(42)46(39)44)50-48-45(36-18-8-11-21-43(36)55-48)51-49(52-50)33-23-22-30-14-4-5-15-31(30)26-33/h1-28H. The van der Waals surface area contributed by atoms with Crippen LogP contribution in [0.15, 0.2) is 174 Å². The van der Waals surface area contributed by atoms with Crippen LogP contribution in [0, 0.1) is 0 Å². The van der Waals surface area contributed by atoms with Crippen molar-refractivity contribution in [3.8, 4) is 28.3 Å². The predicted molar refractivity (Wildman–Crippen MR) is 227 cm³/mol. The van der Waals surface area contributed by atoms with Crippen LogP contribution in [0.5, 0.6) is 0 Å². The molecule has 0 aliphatic rings. The van der Waals surface area contributed by atoms with Gasteiger partial charge in [0.15, 0.2) is 17.2 Å². The number of furan rings is 1. The van der Waals surface area contributed by atoms with Crippen LogP contribution >= 0.6 is 0 Å². The second-order valence-corrected chi connectivity index (χ2v) is 14.6. The summed E-state index contributed by atoms with van der Waals surface area (Å²) in [7, 11) is 0. The first kappa shape index (κ1) is 29.0. The third-order valence-corrected chi connectivity index (χ3v) is 11.6. The van der Waals surface area contributed by atoms with Gasteiger partial charge in [0.25, 0.3) is 0 Å². The minimum absolute atomic E-state index is 0.659. The highest BCUT2D eigenvalue weighted by atomic mass is 16.3. The molecular weight excluding hydrogens is 673 g/mol. The number of benzene rings is 8. The molecule has 0 bridgehead atoms. The molecule has 5 nitrogen and oxygen atoms in total. The Morgan fingerprint density at radius 1 is 0.418 bits per heavy atom. The Kier molecular flexibility index (Phi) is 5.57. The van der Waals surface area contributed by atoms with Gasteiger partial charge in [-0.15, -0.1) is 0 Å². The van der Waals surface area contributed by atoms with E-state index in [1.807, 2.05) is 18.2 Å². The minimum atomic E-state index is 0.659. The van der Waals surface area contributed by atoms with Crippen LogP contribution < -0.4 is 0 Å². The zero-order valence-electron chi connectivity index (χ0n) is 29.4. The molecule has 5 heterocycles. The molecular formula is C50H28N4O. The number of nitrogens with zero attached hydrogens (tertiary/aromatic N) is 4. The van der Waals surface area contributed by atoms with Gasteiger partial charge in [0.2, 0.25) is 0 Å². The average molecular weight is 701 g/mol. The van der Waals surface area contributed by atoms with Gasteiger partial charge in [-0.05, 0) is 70.4 Å². The molecule has 0 spiro atoms. The van der Waals surface area contributed by atoms with E-state index in [1.165, 1.54) is 60.0 Å². The number of para-hydroxylation sites is 3. The van der Waals surface area contributed by atoms with E-state index in [2.05, 4.69) is 161 Å². The van der Waals surface area contributed by atoms with Crippen LogP contribution in [-0.2, 0) is 0 Å². The SMILES string of the molecule is c1ccc(-c2ccc3c(c2)c2cc4c5ccccc5n(-c5nc(-c6ccc7ccccc7c6)nc6c5oc5ccccc56)c4c4c5ccccc5n3c24)cc1. The summed E-state index contributed by atoms with van der Waals surface area (Å²) in [4.78, 5) is 10.7. The van der Waals surface area contributed by atoms with Gasteiger partial charge in [0, 0.05) is 43.3 Å². The van der Waals surface area contributed by atoms with Crippen molar-refractivity contribution in [2.24, 2.45) is 0 Å². The van der Waals surface area contributed by atoms with Gasteiger partial charge in [-0.3, -0.25) is 4.57 Å². The smallest absolute Gasteiger partial charge is 0.197 e. The van der Waals surface area contributed by atoms with Crippen molar-refractivity contribution in [3.05, 3.63) is 170 Å². The minimum Gasteiger partial charge on any atom is -0.450 e. The second kappa shape index (κ2) is 10.6. The summed E-state index contributed by atoms with van der Waals surface area (Å²) in [5.41, 5.74) is 11.4. The van der Waals surface area contributed by atoms with E-state index < -0.39 is 0 Å². The highest BCUT2D eigenvalue weighted by Gasteiger charge is 2.27. The summed E-state index contributed by atoms with van der Waals surface area (Å²) >= 11 is 0. The first-order chi connectivity index (χ1) is 27.3. The first-order valence-corrected chi connectivity index (χ1v) is 18.7. The van der Waals surface area contributed by atoms with Gasteiger partial charge in [-0.1, -0.05) is 121 Å². The van der Waals surface area contributed by atoms with E-state index in [1.54, 1.807) is 0 Å². The molecule has 0 aliphatic carbocycles. The van der Waals surface area contributed by atoms with Gasteiger partial charge < -0.3 is 8.82 Å². The lowest BCUT2D eigenvalue weighted by molar-refractivity contribution is 0.662. The lowest BCUT2D eigenvalue weighted by atomic mass is 10.00. The molecule has 0 saturated carbocycles. The summed E-state index contributed by atoms with van der Waals surface area (Å²) in [6.07, 6.45) is 0. The number of rotatable bonds is 3. The topological polar surface area (TPSA) is 48.3 Å². The van der Waals surface area contributed by atoms with Crippen molar-refractivity contribution < 1.29 is 4.42 Å². The molecule has 0 N–H and O–H groups in total. The molecule has 0 aliphatic heterocycles. The quantitative estimate of drug-likeness (QED) is 0.184. The molecule has 0 fully saturated rings. The molecule has 5 heteroatoms. The lowest BCUT2D eigenvalue weighted by Gasteiger charge is -2.11. The van der Waals surface area contributed by atoms with E-state index in [4.69, 9.17) is 14.4 Å². The zero-order valence-corrected chi connectivity index (χ0v) is 29.4. The fraction of sp³-hybridized carbons (Fsp3) is 0. The summed E-state index contributed by atoms with van der Waals surface area (Å²) in [6, 6.07) is 60.6. The van der Waals surface area contributed by atoms with Crippen molar-refractivity contribution in [2.45, 2.75) is 0 Å². The van der Waals surface area contributed by atoms with Crippen LogP contribution in [0.4, 0.5) is 0 Å². The lowest BCUT2D eigenvalue weighted by Crippen LogP contribution is -2.02. The fourth-order valence-corrected chi connectivity index (χ4v) is 9.22. The molecule has 13 aromatic rings. The van der Waals surface area contributed by atoms with Crippen LogP contribution in [0.1, 0.15) is 0 Å². The van der Waals surface area contributed by atoms with E-state index in [0.717, 1.165) is 49.7 Å².